The molecule has 0 aliphatic rings. The number of hydrogen-bond donors (Lipinski definition) is 1. The van der Waals surface area contributed by atoms with Crippen molar-refractivity contribution in [2.24, 2.45) is 17.3 Å². The van der Waals surface area contributed by atoms with Gasteiger partial charge in [-0.15, -0.1) is 0 Å². The molecule has 20 heavy (non-hydrogen) atoms. The van der Waals surface area contributed by atoms with E-state index in [2.05, 4.69) is 6.92 Å². The van der Waals surface area contributed by atoms with E-state index in [0.29, 0.717) is 19.4 Å². The van der Waals surface area contributed by atoms with Gasteiger partial charge in [-0.3, -0.25) is 9.59 Å². The Morgan fingerprint density at radius 2 is 1.75 bits per heavy atom. The van der Waals surface area contributed by atoms with Crippen LogP contribution >= 0.6 is 0 Å². The van der Waals surface area contributed by atoms with Crippen molar-refractivity contribution in [3.05, 3.63) is 0 Å². The third-order valence-corrected chi connectivity index (χ3v) is 4.30. The standard InChI is InChI=1S/C16H30O4/c1-6-9-10-11-20-15(19)16(8-3,12(4)5)13(7-2)14(17)18/h12-13H,6-11H2,1-5H3,(H,17,18). The molecule has 0 aromatic rings. The monoisotopic (exact) mass is 286 g/mol. The lowest BCUT2D eigenvalue weighted by atomic mass is 9.65. The van der Waals surface area contributed by atoms with Crippen molar-refractivity contribution in [3.63, 3.8) is 0 Å². The van der Waals surface area contributed by atoms with E-state index in [1.54, 1.807) is 0 Å². The maximum absolute atomic E-state index is 12.5. The molecule has 0 aliphatic carbocycles. The van der Waals surface area contributed by atoms with Crippen LogP contribution in [0.5, 0.6) is 0 Å². The zero-order valence-corrected chi connectivity index (χ0v) is 13.6. The average molecular weight is 286 g/mol. The lowest BCUT2D eigenvalue weighted by Gasteiger charge is -2.38. The molecule has 0 radical (unpaired) electrons. The molecule has 0 amide bonds. The normalized spacial score (nSPS) is 15.7. The fourth-order valence-electron chi connectivity index (χ4n) is 2.99. The minimum absolute atomic E-state index is 0.0628. The number of carbonyl (C=O) groups is 2. The Kier molecular flexibility index (Phi) is 8.51. The summed E-state index contributed by atoms with van der Waals surface area (Å²) < 4.78 is 5.39. The highest BCUT2D eigenvalue weighted by Crippen LogP contribution is 2.42. The third-order valence-electron chi connectivity index (χ3n) is 4.30. The number of unbranched alkanes of at least 4 members (excludes halogenated alkanes) is 2. The van der Waals surface area contributed by atoms with Gasteiger partial charge < -0.3 is 9.84 Å². The second-order valence-electron chi connectivity index (χ2n) is 5.69. The number of carboxylic acid groups (broad SMARTS) is 1. The maximum Gasteiger partial charge on any atom is 0.313 e. The number of ether oxygens (including phenoxy) is 1. The number of carboxylic acids is 1. The summed E-state index contributed by atoms with van der Waals surface area (Å²) in [5.74, 6) is -2.01. The number of carbonyl (C=O) groups excluding carboxylic acids is 1. The lowest BCUT2D eigenvalue weighted by Crippen LogP contribution is -2.47. The van der Waals surface area contributed by atoms with Crippen molar-refractivity contribution in [3.8, 4) is 0 Å². The smallest absolute Gasteiger partial charge is 0.313 e. The fourth-order valence-corrected chi connectivity index (χ4v) is 2.99. The molecule has 1 N–H and O–H groups in total. The van der Waals surface area contributed by atoms with Crippen molar-refractivity contribution in [1.82, 2.24) is 0 Å². The van der Waals surface area contributed by atoms with Gasteiger partial charge in [-0.05, 0) is 25.2 Å². The van der Waals surface area contributed by atoms with Gasteiger partial charge in [0.15, 0.2) is 0 Å². The van der Waals surface area contributed by atoms with Crippen LogP contribution in [-0.2, 0) is 14.3 Å². The van der Waals surface area contributed by atoms with Crippen LogP contribution in [0.2, 0.25) is 0 Å². The molecule has 0 saturated heterocycles. The maximum atomic E-state index is 12.5. The molecule has 4 nitrogen and oxygen atoms in total. The molecule has 0 aromatic carbocycles. The van der Waals surface area contributed by atoms with Gasteiger partial charge in [0.1, 0.15) is 0 Å². The van der Waals surface area contributed by atoms with E-state index in [1.807, 2.05) is 27.7 Å². The predicted octanol–water partition coefficient (Wildman–Crippen LogP) is 3.88. The van der Waals surface area contributed by atoms with E-state index in [4.69, 9.17) is 4.74 Å². The van der Waals surface area contributed by atoms with Gasteiger partial charge in [0.25, 0.3) is 0 Å². The Hall–Kier alpha value is -1.06. The van der Waals surface area contributed by atoms with E-state index in [0.717, 1.165) is 19.3 Å². The fraction of sp³-hybridized carbons (Fsp3) is 0.875. The van der Waals surface area contributed by atoms with Crippen molar-refractivity contribution >= 4 is 11.9 Å². The van der Waals surface area contributed by atoms with Crippen LogP contribution in [0.25, 0.3) is 0 Å². The molecule has 0 saturated carbocycles. The van der Waals surface area contributed by atoms with Crippen LogP contribution in [0.4, 0.5) is 0 Å². The molecule has 2 unspecified atom stereocenters. The summed E-state index contributed by atoms with van der Waals surface area (Å²) in [6.45, 7) is 9.97. The van der Waals surface area contributed by atoms with E-state index in [9.17, 15) is 14.7 Å². The van der Waals surface area contributed by atoms with Gasteiger partial charge in [0.2, 0.25) is 0 Å². The van der Waals surface area contributed by atoms with Gasteiger partial charge in [-0.1, -0.05) is 47.5 Å². The first-order chi connectivity index (χ1) is 9.38. The van der Waals surface area contributed by atoms with Crippen LogP contribution in [0.15, 0.2) is 0 Å². The van der Waals surface area contributed by atoms with Crippen LogP contribution < -0.4 is 0 Å². The summed E-state index contributed by atoms with van der Waals surface area (Å²) in [6.07, 6.45) is 3.84. The highest BCUT2D eigenvalue weighted by Gasteiger charge is 2.50. The minimum atomic E-state index is -0.924. The number of rotatable bonds is 10. The molecule has 2 atom stereocenters. The highest BCUT2D eigenvalue weighted by atomic mass is 16.5. The van der Waals surface area contributed by atoms with Gasteiger partial charge in [-0.2, -0.15) is 0 Å². The molecule has 0 rings (SSSR count). The Morgan fingerprint density at radius 1 is 1.15 bits per heavy atom. The summed E-state index contributed by atoms with van der Waals surface area (Å²) in [5.41, 5.74) is -0.924. The van der Waals surface area contributed by atoms with Gasteiger partial charge >= 0.3 is 11.9 Å². The summed E-state index contributed by atoms with van der Waals surface area (Å²) in [4.78, 5) is 24.0. The Bertz CT molecular complexity index is 312. The molecule has 4 heteroatoms. The Morgan fingerprint density at radius 3 is 2.10 bits per heavy atom. The van der Waals surface area contributed by atoms with Crippen molar-refractivity contribution < 1.29 is 19.4 Å². The van der Waals surface area contributed by atoms with Crippen molar-refractivity contribution in [2.75, 3.05) is 6.61 Å². The van der Waals surface area contributed by atoms with Crippen LogP contribution in [0.1, 0.15) is 66.7 Å². The largest absolute Gasteiger partial charge is 0.481 e. The second-order valence-corrected chi connectivity index (χ2v) is 5.69. The Balaban J connectivity index is 5.11. The number of hydrogen-bond acceptors (Lipinski definition) is 3. The first-order valence-electron chi connectivity index (χ1n) is 7.78. The van der Waals surface area contributed by atoms with Crippen LogP contribution in [-0.4, -0.2) is 23.7 Å². The molecule has 0 heterocycles. The van der Waals surface area contributed by atoms with Crippen LogP contribution in [0.3, 0.4) is 0 Å². The first kappa shape index (κ1) is 18.9. The second kappa shape index (κ2) is 8.98. The molecule has 0 aromatic heterocycles. The highest BCUT2D eigenvalue weighted by molar-refractivity contribution is 5.85. The molecule has 118 valence electrons. The zero-order valence-electron chi connectivity index (χ0n) is 13.6. The molecule has 0 spiro atoms. The molecule has 0 fully saturated rings. The SMILES string of the molecule is CCCCCOC(=O)C(CC)(C(C)C)C(CC)C(=O)O. The predicted molar refractivity (Wildman–Crippen MR) is 79.5 cm³/mol. The minimum Gasteiger partial charge on any atom is -0.481 e. The third kappa shape index (κ3) is 4.22. The van der Waals surface area contributed by atoms with Crippen LogP contribution in [0, 0.1) is 17.3 Å². The zero-order chi connectivity index (χ0) is 15.8. The first-order valence-corrected chi connectivity index (χ1v) is 7.78. The summed E-state index contributed by atoms with van der Waals surface area (Å²) >= 11 is 0. The van der Waals surface area contributed by atoms with E-state index >= 15 is 0 Å². The van der Waals surface area contributed by atoms with Gasteiger partial charge in [-0.25, -0.2) is 0 Å². The summed E-state index contributed by atoms with van der Waals surface area (Å²) in [7, 11) is 0. The summed E-state index contributed by atoms with van der Waals surface area (Å²) in [6, 6.07) is 0. The molecular formula is C16H30O4. The van der Waals surface area contributed by atoms with E-state index in [1.165, 1.54) is 0 Å². The lowest BCUT2D eigenvalue weighted by molar-refractivity contribution is -0.172. The van der Waals surface area contributed by atoms with Gasteiger partial charge in [0, 0.05) is 0 Å². The number of esters is 1. The van der Waals surface area contributed by atoms with Gasteiger partial charge in [0.05, 0.1) is 17.9 Å². The number of aliphatic carboxylic acids is 1. The molecule has 0 bridgehead atoms. The van der Waals surface area contributed by atoms with E-state index < -0.39 is 17.3 Å². The quantitative estimate of drug-likeness (QED) is 0.489. The topological polar surface area (TPSA) is 63.6 Å². The van der Waals surface area contributed by atoms with Crippen molar-refractivity contribution in [1.29, 1.82) is 0 Å². The molecular weight excluding hydrogens is 256 g/mol. The van der Waals surface area contributed by atoms with E-state index in [-0.39, 0.29) is 11.9 Å². The Labute approximate surface area is 122 Å². The average Bonchev–Trinajstić information content (AvgIpc) is 2.39. The summed E-state index contributed by atoms with van der Waals surface area (Å²) in [5, 5.41) is 9.44. The van der Waals surface area contributed by atoms with Crippen molar-refractivity contribution in [2.45, 2.75) is 66.7 Å². The molecule has 0 aliphatic heterocycles.